The van der Waals surface area contributed by atoms with Gasteiger partial charge in [-0.15, -0.1) is 0 Å². The Morgan fingerprint density at radius 3 is 2.65 bits per heavy atom. The summed E-state index contributed by atoms with van der Waals surface area (Å²) in [5, 5.41) is 0. The fourth-order valence-electron chi connectivity index (χ4n) is 2.16. The van der Waals surface area contributed by atoms with E-state index >= 15 is 0 Å². The monoisotopic (exact) mass is 347 g/mol. The normalized spacial score (nSPS) is 15.0. The minimum atomic E-state index is -4.21. The van der Waals surface area contributed by atoms with Crippen molar-refractivity contribution in [3.8, 4) is 0 Å². The van der Waals surface area contributed by atoms with Crippen molar-refractivity contribution < 1.29 is 26.7 Å². The fourth-order valence-corrected chi connectivity index (χ4v) is 3.75. The van der Waals surface area contributed by atoms with Crippen molar-refractivity contribution in [2.45, 2.75) is 31.1 Å². The van der Waals surface area contributed by atoms with Gasteiger partial charge < -0.3 is 4.74 Å². The zero-order valence-electron chi connectivity index (χ0n) is 12.8. The lowest BCUT2D eigenvalue weighted by Gasteiger charge is -2.22. The zero-order valence-corrected chi connectivity index (χ0v) is 13.6. The molecule has 1 aliphatic carbocycles. The lowest BCUT2D eigenvalue weighted by Crippen LogP contribution is -2.35. The number of carbonyl (C=O) groups is 1. The summed E-state index contributed by atoms with van der Waals surface area (Å²) in [5.41, 5.74) is 0. The minimum absolute atomic E-state index is 0.117. The second-order valence-electron chi connectivity index (χ2n) is 5.44. The van der Waals surface area contributed by atoms with Crippen LogP contribution in [-0.2, 0) is 19.6 Å². The number of esters is 1. The number of ether oxygens (including phenoxy) is 1. The standard InChI is InChI=1S/C15H19F2NO4S/c1-2-22-15(19)7-8-18(10-11-3-4-11)23(20,21)14-9-12(16)5-6-13(14)17/h5-6,9,11H,2-4,7-8,10H2,1H3. The highest BCUT2D eigenvalue weighted by Gasteiger charge is 2.33. The van der Waals surface area contributed by atoms with Gasteiger partial charge in [-0.2, -0.15) is 4.31 Å². The molecule has 0 aliphatic heterocycles. The molecule has 1 saturated carbocycles. The summed E-state index contributed by atoms with van der Waals surface area (Å²) in [5.74, 6) is -2.17. The predicted molar refractivity (Wildman–Crippen MR) is 79.1 cm³/mol. The van der Waals surface area contributed by atoms with Gasteiger partial charge in [-0.05, 0) is 43.9 Å². The van der Waals surface area contributed by atoms with E-state index in [0.29, 0.717) is 6.07 Å². The Hall–Kier alpha value is -1.54. The summed E-state index contributed by atoms with van der Waals surface area (Å²) in [6.45, 7) is 1.93. The molecule has 0 heterocycles. The van der Waals surface area contributed by atoms with Crippen LogP contribution in [0.5, 0.6) is 0 Å². The Labute approximate surface area is 134 Å². The molecule has 0 spiro atoms. The van der Waals surface area contributed by atoms with Gasteiger partial charge in [0.05, 0.1) is 13.0 Å². The number of sulfonamides is 1. The molecule has 0 amide bonds. The molecule has 0 atom stereocenters. The third kappa shape index (κ3) is 4.71. The van der Waals surface area contributed by atoms with Crippen LogP contribution in [0.15, 0.2) is 23.1 Å². The summed E-state index contributed by atoms with van der Waals surface area (Å²) in [7, 11) is -4.21. The highest BCUT2D eigenvalue weighted by molar-refractivity contribution is 7.89. The van der Waals surface area contributed by atoms with Crippen LogP contribution < -0.4 is 0 Å². The molecule has 8 heteroatoms. The smallest absolute Gasteiger partial charge is 0.307 e. The third-order valence-electron chi connectivity index (χ3n) is 3.54. The van der Waals surface area contributed by atoms with E-state index in [4.69, 9.17) is 4.74 Å². The Morgan fingerprint density at radius 2 is 2.04 bits per heavy atom. The third-order valence-corrected chi connectivity index (χ3v) is 5.42. The van der Waals surface area contributed by atoms with Crippen molar-refractivity contribution in [1.29, 1.82) is 0 Å². The molecule has 1 aromatic rings. The Balaban J connectivity index is 2.21. The van der Waals surface area contributed by atoms with Crippen molar-refractivity contribution in [2.75, 3.05) is 19.7 Å². The van der Waals surface area contributed by atoms with Crippen molar-refractivity contribution in [3.05, 3.63) is 29.8 Å². The van der Waals surface area contributed by atoms with Crippen LogP contribution in [0.2, 0.25) is 0 Å². The van der Waals surface area contributed by atoms with Crippen molar-refractivity contribution in [2.24, 2.45) is 5.92 Å². The van der Waals surface area contributed by atoms with Crippen LogP contribution in [0, 0.1) is 17.6 Å². The lowest BCUT2D eigenvalue weighted by molar-refractivity contribution is -0.143. The number of benzene rings is 1. The summed E-state index contributed by atoms with van der Waals surface area (Å²) in [6.07, 6.45) is 1.64. The van der Waals surface area contributed by atoms with Crippen LogP contribution in [-0.4, -0.2) is 38.4 Å². The van der Waals surface area contributed by atoms with E-state index in [9.17, 15) is 22.0 Å². The van der Waals surface area contributed by atoms with Gasteiger partial charge in [0.2, 0.25) is 10.0 Å². The molecule has 0 aromatic heterocycles. The van der Waals surface area contributed by atoms with Crippen LogP contribution in [0.4, 0.5) is 8.78 Å². The van der Waals surface area contributed by atoms with E-state index in [-0.39, 0.29) is 32.0 Å². The molecule has 0 unspecified atom stereocenters. The van der Waals surface area contributed by atoms with Crippen LogP contribution in [0.3, 0.4) is 0 Å². The molecule has 0 N–H and O–H groups in total. The highest BCUT2D eigenvalue weighted by atomic mass is 32.2. The summed E-state index contributed by atoms with van der Waals surface area (Å²) >= 11 is 0. The molecule has 0 saturated heterocycles. The summed E-state index contributed by atoms with van der Waals surface area (Å²) in [4.78, 5) is 10.7. The van der Waals surface area contributed by atoms with Gasteiger partial charge >= 0.3 is 5.97 Å². The SMILES string of the molecule is CCOC(=O)CCN(CC1CC1)S(=O)(=O)c1cc(F)ccc1F. The molecule has 2 rings (SSSR count). The van der Waals surface area contributed by atoms with Gasteiger partial charge in [0.1, 0.15) is 16.5 Å². The highest BCUT2D eigenvalue weighted by Crippen LogP contribution is 2.32. The molecule has 1 aliphatic rings. The summed E-state index contributed by atoms with van der Waals surface area (Å²) in [6, 6.07) is 2.30. The quantitative estimate of drug-likeness (QED) is 0.677. The Morgan fingerprint density at radius 1 is 1.35 bits per heavy atom. The first-order valence-corrected chi connectivity index (χ1v) is 8.89. The van der Waals surface area contributed by atoms with Crippen LogP contribution in [0.25, 0.3) is 0 Å². The number of hydrogen-bond acceptors (Lipinski definition) is 4. The van der Waals surface area contributed by atoms with Gasteiger partial charge in [-0.1, -0.05) is 0 Å². The molecular weight excluding hydrogens is 328 g/mol. The minimum Gasteiger partial charge on any atom is -0.466 e. The van der Waals surface area contributed by atoms with E-state index in [2.05, 4.69) is 0 Å². The fraction of sp³-hybridized carbons (Fsp3) is 0.533. The number of nitrogens with zero attached hydrogens (tertiary/aromatic N) is 1. The van der Waals surface area contributed by atoms with E-state index in [1.165, 1.54) is 0 Å². The average molecular weight is 347 g/mol. The average Bonchev–Trinajstić information content (AvgIpc) is 3.30. The molecule has 0 radical (unpaired) electrons. The molecule has 23 heavy (non-hydrogen) atoms. The first-order valence-electron chi connectivity index (χ1n) is 7.45. The van der Waals surface area contributed by atoms with Gasteiger partial charge in [0, 0.05) is 13.1 Å². The van der Waals surface area contributed by atoms with Crippen LogP contribution >= 0.6 is 0 Å². The molecule has 1 aromatic carbocycles. The topological polar surface area (TPSA) is 63.7 Å². The van der Waals surface area contributed by atoms with E-state index in [0.717, 1.165) is 29.3 Å². The number of halogens is 2. The first-order chi connectivity index (χ1) is 10.8. The van der Waals surface area contributed by atoms with Crippen molar-refractivity contribution in [1.82, 2.24) is 4.31 Å². The van der Waals surface area contributed by atoms with Crippen molar-refractivity contribution >= 4 is 16.0 Å². The molecule has 1 fully saturated rings. The van der Waals surface area contributed by atoms with Gasteiger partial charge in [0.15, 0.2) is 0 Å². The molecule has 0 bridgehead atoms. The lowest BCUT2D eigenvalue weighted by atomic mass is 10.3. The van der Waals surface area contributed by atoms with Crippen molar-refractivity contribution in [3.63, 3.8) is 0 Å². The maximum Gasteiger partial charge on any atom is 0.307 e. The summed E-state index contributed by atoms with van der Waals surface area (Å²) < 4.78 is 58.2. The van der Waals surface area contributed by atoms with Gasteiger partial charge in [-0.25, -0.2) is 17.2 Å². The first kappa shape index (κ1) is 17.8. The second-order valence-corrected chi connectivity index (χ2v) is 7.34. The largest absolute Gasteiger partial charge is 0.466 e. The van der Waals surface area contributed by atoms with Crippen LogP contribution in [0.1, 0.15) is 26.2 Å². The molecule has 128 valence electrons. The van der Waals surface area contributed by atoms with E-state index in [1.807, 2.05) is 0 Å². The molecule has 5 nitrogen and oxygen atoms in total. The number of rotatable bonds is 8. The Bertz CT molecular complexity index is 674. The maximum atomic E-state index is 13.8. The van der Waals surface area contributed by atoms with Gasteiger partial charge in [-0.3, -0.25) is 4.79 Å². The van der Waals surface area contributed by atoms with E-state index < -0.39 is 32.5 Å². The zero-order chi connectivity index (χ0) is 17.0. The molecular formula is C15H19F2NO4S. The predicted octanol–water partition coefficient (Wildman–Crippen LogP) is 2.32. The number of carbonyl (C=O) groups excluding carboxylic acids is 1. The second kappa shape index (κ2) is 7.35. The number of hydrogen-bond donors (Lipinski definition) is 0. The maximum absolute atomic E-state index is 13.8. The Kier molecular flexibility index (Phi) is 5.69. The van der Waals surface area contributed by atoms with Gasteiger partial charge in [0.25, 0.3) is 0 Å². The van der Waals surface area contributed by atoms with E-state index in [1.54, 1.807) is 6.92 Å².